The van der Waals surface area contributed by atoms with Gasteiger partial charge in [0.15, 0.2) is 0 Å². The van der Waals surface area contributed by atoms with Crippen LogP contribution in [0, 0.1) is 0 Å². The third-order valence-electron chi connectivity index (χ3n) is 3.41. The van der Waals surface area contributed by atoms with Crippen LogP contribution in [-0.4, -0.2) is 25.2 Å². The van der Waals surface area contributed by atoms with Crippen LogP contribution in [0.4, 0.5) is 10.5 Å². The van der Waals surface area contributed by atoms with Crippen molar-refractivity contribution in [3.05, 3.63) is 65.7 Å². The number of rotatable bonds is 6. The van der Waals surface area contributed by atoms with Crippen molar-refractivity contribution in [2.24, 2.45) is 0 Å². The second-order valence-corrected chi connectivity index (χ2v) is 5.23. The summed E-state index contributed by atoms with van der Waals surface area (Å²) in [6.07, 6.45) is -0.391. The normalized spacial score (nSPS) is 11.4. The number of benzene rings is 2. The number of esters is 1. The minimum absolute atomic E-state index is 0.127. The number of nitrogens with two attached hydrogens (primary N) is 1. The van der Waals surface area contributed by atoms with Crippen LogP contribution in [0.5, 0.6) is 0 Å². The van der Waals surface area contributed by atoms with Gasteiger partial charge in [-0.3, -0.25) is 0 Å². The largest absolute Gasteiger partial charge is 0.467 e. The maximum absolute atomic E-state index is 11.9. The molecule has 2 aromatic rings. The fourth-order valence-corrected chi connectivity index (χ4v) is 2.13. The Hall–Kier alpha value is -3.02. The molecule has 0 spiro atoms. The quantitative estimate of drug-likeness (QED) is 0.627. The SMILES string of the molecule is COC(=O)[C@H](Cc1ccc(N)cc1)NC(=O)OCc1ccccc1. The van der Waals surface area contributed by atoms with Gasteiger partial charge < -0.3 is 20.5 Å². The molecule has 126 valence electrons. The van der Waals surface area contributed by atoms with Crippen LogP contribution in [0.15, 0.2) is 54.6 Å². The second-order valence-electron chi connectivity index (χ2n) is 5.23. The summed E-state index contributed by atoms with van der Waals surface area (Å²) in [6.45, 7) is 0.127. The van der Waals surface area contributed by atoms with Crippen molar-refractivity contribution >= 4 is 17.7 Å². The molecule has 6 heteroatoms. The standard InChI is InChI=1S/C18H20N2O4/c1-23-17(21)16(11-13-7-9-15(19)10-8-13)20-18(22)24-12-14-5-3-2-4-6-14/h2-10,16H,11-12,19H2,1H3,(H,20,22)/t16-/m0/s1. The zero-order valence-corrected chi connectivity index (χ0v) is 13.4. The second kappa shape index (κ2) is 8.57. The molecule has 0 aliphatic rings. The van der Waals surface area contributed by atoms with Crippen molar-refractivity contribution < 1.29 is 19.1 Å². The molecule has 0 aromatic heterocycles. The molecule has 0 fully saturated rings. The van der Waals surface area contributed by atoms with E-state index in [0.717, 1.165) is 11.1 Å². The molecule has 1 atom stereocenters. The van der Waals surface area contributed by atoms with E-state index >= 15 is 0 Å². The predicted molar refractivity (Wildman–Crippen MR) is 90.1 cm³/mol. The molecule has 0 aliphatic carbocycles. The summed E-state index contributed by atoms with van der Waals surface area (Å²) in [7, 11) is 1.27. The van der Waals surface area contributed by atoms with Crippen LogP contribution in [-0.2, 0) is 27.3 Å². The number of hydrogen-bond acceptors (Lipinski definition) is 5. The summed E-state index contributed by atoms with van der Waals surface area (Å²) in [4.78, 5) is 23.8. The van der Waals surface area contributed by atoms with E-state index in [2.05, 4.69) is 5.32 Å². The van der Waals surface area contributed by atoms with E-state index in [1.165, 1.54) is 7.11 Å². The van der Waals surface area contributed by atoms with Gasteiger partial charge in [-0.25, -0.2) is 9.59 Å². The Balaban J connectivity index is 1.93. The first-order chi connectivity index (χ1) is 11.6. The van der Waals surface area contributed by atoms with Gasteiger partial charge in [0.1, 0.15) is 12.6 Å². The number of nitrogen functional groups attached to an aromatic ring is 1. The van der Waals surface area contributed by atoms with E-state index in [1.807, 2.05) is 30.3 Å². The van der Waals surface area contributed by atoms with Crippen LogP contribution in [0.3, 0.4) is 0 Å². The molecule has 0 saturated carbocycles. The fourth-order valence-electron chi connectivity index (χ4n) is 2.13. The summed E-state index contributed by atoms with van der Waals surface area (Å²) >= 11 is 0. The summed E-state index contributed by atoms with van der Waals surface area (Å²) < 4.78 is 9.87. The fraction of sp³-hybridized carbons (Fsp3) is 0.222. The highest BCUT2D eigenvalue weighted by Crippen LogP contribution is 2.09. The molecule has 1 amide bonds. The maximum Gasteiger partial charge on any atom is 0.408 e. The van der Waals surface area contributed by atoms with Crippen molar-refractivity contribution in [3.8, 4) is 0 Å². The Morgan fingerprint density at radius 3 is 2.33 bits per heavy atom. The maximum atomic E-state index is 11.9. The van der Waals surface area contributed by atoms with Gasteiger partial charge in [0.25, 0.3) is 0 Å². The zero-order chi connectivity index (χ0) is 17.4. The van der Waals surface area contributed by atoms with Crippen LogP contribution in [0.25, 0.3) is 0 Å². The van der Waals surface area contributed by atoms with Crippen molar-refractivity contribution in [3.63, 3.8) is 0 Å². The number of hydrogen-bond donors (Lipinski definition) is 2. The zero-order valence-electron chi connectivity index (χ0n) is 13.4. The molecule has 0 radical (unpaired) electrons. The highest BCUT2D eigenvalue weighted by atomic mass is 16.6. The van der Waals surface area contributed by atoms with E-state index in [-0.39, 0.29) is 13.0 Å². The van der Waals surface area contributed by atoms with Crippen LogP contribution in [0.1, 0.15) is 11.1 Å². The lowest BCUT2D eigenvalue weighted by atomic mass is 10.1. The van der Waals surface area contributed by atoms with Gasteiger partial charge in [-0.1, -0.05) is 42.5 Å². The Labute approximate surface area is 140 Å². The number of alkyl carbamates (subject to hydrolysis) is 1. The van der Waals surface area contributed by atoms with Crippen LogP contribution in [0.2, 0.25) is 0 Å². The number of methoxy groups -OCH3 is 1. The van der Waals surface area contributed by atoms with Crippen LogP contribution < -0.4 is 11.1 Å². The predicted octanol–water partition coefficient (Wildman–Crippen LogP) is 2.28. The minimum atomic E-state index is -0.832. The molecule has 6 nitrogen and oxygen atoms in total. The highest BCUT2D eigenvalue weighted by molar-refractivity contribution is 5.81. The van der Waals surface area contributed by atoms with Gasteiger partial charge in [0, 0.05) is 12.1 Å². The number of anilines is 1. The molecule has 0 unspecified atom stereocenters. The van der Waals surface area contributed by atoms with Crippen molar-refractivity contribution in [2.45, 2.75) is 19.1 Å². The lowest BCUT2D eigenvalue weighted by Crippen LogP contribution is -2.43. The number of nitrogens with one attached hydrogen (secondary N) is 1. The molecule has 0 saturated heterocycles. The molecule has 0 bridgehead atoms. The van der Waals surface area contributed by atoms with E-state index in [4.69, 9.17) is 15.2 Å². The molecule has 3 N–H and O–H groups in total. The smallest absolute Gasteiger partial charge is 0.408 e. The summed E-state index contributed by atoms with van der Waals surface area (Å²) in [5, 5.41) is 2.53. The minimum Gasteiger partial charge on any atom is -0.467 e. The topological polar surface area (TPSA) is 90.6 Å². The van der Waals surface area contributed by atoms with E-state index in [0.29, 0.717) is 5.69 Å². The number of amides is 1. The average Bonchev–Trinajstić information content (AvgIpc) is 2.61. The molecular weight excluding hydrogens is 308 g/mol. The molecular formula is C18H20N2O4. The number of carbonyl (C=O) groups is 2. The number of ether oxygens (including phenoxy) is 2. The highest BCUT2D eigenvalue weighted by Gasteiger charge is 2.22. The van der Waals surface area contributed by atoms with Crippen molar-refractivity contribution in [2.75, 3.05) is 12.8 Å². The van der Waals surface area contributed by atoms with Gasteiger partial charge in [-0.05, 0) is 23.3 Å². The molecule has 0 aliphatic heterocycles. The first-order valence-corrected chi connectivity index (χ1v) is 7.48. The van der Waals surface area contributed by atoms with Gasteiger partial charge in [-0.2, -0.15) is 0 Å². The van der Waals surface area contributed by atoms with E-state index < -0.39 is 18.1 Å². The molecule has 0 heterocycles. The average molecular weight is 328 g/mol. The third kappa shape index (κ3) is 5.31. The van der Waals surface area contributed by atoms with Crippen molar-refractivity contribution in [1.82, 2.24) is 5.32 Å². The third-order valence-corrected chi connectivity index (χ3v) is 3.41. The van der Waals surface area contributed by atoms with E-state index in [9.17, 15) is 9.59 Å². The summed E-state index contributed by atoms with van der Waals surface area (Å²) in [5.74, 6) is -0.538. The summed E-state index contributed by atoms with van der Waals surface area (Å²) in [5.41, 5.74) is 7.98. The monoisotopic (exact) mass is 328 g/mol. The first kappa shape index (κ1) is 17.3. The summed E-state index contributed by atoms with van der Waals surface area (Å²) in [6, 6.07) is 15.5. The number of carbonyl (C=O) groups excluding carboxylic acids is 2. The van der Waals surface area contributed by atoms with Gasteiger partial charge in [-0.15, -0.1) is 0 Å². The van der Waals surface area contributed by atoms with E-state index in [1.54, 1.807) is 24.3 Å². The van der Waals surface area contributed by atoms with Gasteiger partial charge in [0.2, 0.25) is 0 Å². The lowest BCUT2D eigenvalue weighted by molar-refractivity contribution is -0.143. The van der Waals surface area contributed by atoms with Crippen LogP contribution >= 0.6 is 0 Å². The van der Waals surface area contributed by atoms with Crippen molar-refractivity contribution in [1.29, 1.82) is 0 Å². The molecule has 2 aromatic carbocycles. The Kier molecular flexibility index (Phi) is 6.19. The first-order valence-electron chi connectivity index (χ1n) is 7.48. The lowest BCUT2D eigenvalue weighted by Gasteiger charge is -2.16. The van der Waals surface area contributed by atoms with Gasteiger partial charge >= 0.3 is 12.1 Å². The molecule has 2 rings (SSSR count). The Morgan fingerprint density at radius 2 is 1.71 bits per heavy atom. The Morgan fingerprint density at radius 1 is 1.04 bits per heavy atom. The van der Waals surface area contributed by atoms with Gasteiger partial charge in [0.05, 0.1) is 7.11 Å². The Bertz CT molecular complexity index is 671. The molecule has 24 heavy (non-hydrogen) atoms.